The molecule has 5 heteroatoms. The molecular weight excluding hydrogens is 328 g/mol. The number of nitrogens with zero attached hydrogens (tertiary/aromatic N) is 1. The average Bonchev–Trinajstić information content (AvgIpc) is 2.67. The minimum Gasteiger partial charge on any atom is -0.486 e. The standard InChI is InChI=1S/C21H24N2O3/c1-23(2)18(17-6-4-3-5-7-17)15-22-21(24)11-9-16-8-10-19-20(14-16)26-13-12-25-19/h3-11,14,18H,12-13,15H2,1-2H3,(H,22,24). The van der Waals surface area contributed by atoms with Crippen molar-refractivity contribution in [3.8, 4) is 11.5 Å². The Labute approximate surface area is 154 Å². The van der Waals surface area contributed by atoms with Gasteiger partial charge in [0.05, 0.1) is 6.04 Å². The first kappa shape index (κ1) is 18.0. The Morgan fingerprint density at radius 3 is 2.58 bits per heavy atom. The number of ether oxygens (including phenoxy) is 2. The maximum absolute atomic E-state index is 12.2. The van der Waals surface area contributed by atoms with Gasteiger partial charge in [-0.15, -0.1) is 0 Å². The van der Waals surface area contributed by atoms with E-state index in [4.69, 9.17) is 9.47 Å². The van der Waals surface area contributed by atoms with E-state index in [-0.39, 0.29) is 11.9 Å². The average molecular weight is 352 g/mol. The Hall–Kier alpha value is -2.79. The Bertz CT molecular complexity index is 772. The van der Waals surface area contributed by atoms with Crippen LogP contribution in [0, 0.1) is 0 Å². The monoisotopic (exact) mass is 352 g/mol. The van der Waals surface area contributed by atoms with Gasteiger partial charge in [0.15, 0.2) is 11.5 Å². The molecule has 1 heterocycles. The van der Waals surface area contributed by atoms with Gasteiger partial charge in [0, 0.05) is 12.6 Å². The van der Waals surface area contributed by atoms with E-state index in [1.54, 1.807) is 12.2 Å². The first-order valence-electron chi connectivity index (χ1n) is 8.70. The van der Waals surface area contributed by atoms with Gasteiger partial charge < -0.3 is 19.7 Å². The van der Waals surface area contributed by atoms with Crippen LogP contribution in [0.15, 0.2) is 54.6 Å². The van der Waals surface area contributed by atoms with Crippen molar-refractivity contribution >= 4 is 12.0 Å². The van der Waals surface area contributed by atoms with E-state index in [1.807, 2.05) is 50.5 Å². The van der Waals surface area contributed by atoms with Crippen molar-refractivity contribution in [2.75, 3.05) is 33.9 Å². The Kier molecular flexibility index (Phi) is 5.92. The van der Waals surface area contributed by atoms with Crippen LogP contribution in [0.2, 0.25) is 0 Å². The molecule has 0 bridgehead atoms. The Morgan fingerprint density at radius 1 is 1.12 bits per heavy atom. The molecule has 2 aromatic rings. The lowest BCUT2D eigenvalue weighted by Gasteiger charge is -2.24. The third-order valence-electron chi connectivity index (χ3n) is 4.27. The molecule has 0 spiro atoms. The Balaban J connectivity index is 1.58. The van der Waals surface area contributed by atoms with Crippen LogP contribution in [-0.4, -0.2) is 44.7 Å². The third kappa shape index (κ3) is 4.64. The van der Waals surface area contributed by atoms with Crippen molar-refractivity contribution in [1.29, 1.82) is 0 Å². The van der Waals surface area contributed by atoms with Gasteiger partial charge in [-0.3, -0.25) is 4.79 Å². The number of benzene rings is 2. The van der Waals surface area contributed by atoms with Gasteiger partial charge >= 0.3 is 0 Å². The number of hydrogen-bond donors (Lipinski definition) is 1. The number of carbonyl (C=O) groups excluding carboxylic acids is 1. The molecule has 1 unspecified atom stereocenters. The first-order valence-corrected chi connectivity index (χ1v) is 8.70. The summed E-state index contributed by atoms with van der Waals surface area (Å²) in [5.41, 5.74) is 2.07. The van der Waals surface area contributed by atoms with E-state index in [0.717, 1.165) is 17.1 Å². The molecule has 3 rings (SSSR count). The SMILES string of the molecule is CN(C)C(CNC(=O)C=Cc1ccc2c(c1)OCCO2)c1ccccc1. The van der Waals surface area contributed by atoms with Crippen LogP contribution in [0.5, 0.6) is 11.5 Å². The van der Waals surface area contributed by atoms with Crippen LogP contribution >= 0.6 is 0 Å². The normalized spacial score (nSPS) is 14.4. The van der Waals surface area contributed by atoms with Gasteiger partial charge in [-0.05, 0) is 43.4 Å². The molecule has 0 saturated heterocycles. The molecule has 0 saturated carbocycles. The molecule has 1 N–H and O–H groups in total. The van der Waals surface area contributed by atoms with Crippen LogP contribution < -0.4 is 14.8 Å². The maximum Gasteiger partial charge on any atom is 0.244 e. The number of hydrogen-bond acceptors (Lipinski definition) is 4. The number of nitrogens with one attached hydrogen (secondary N) is 1. The summed E-state index contributed by atoms with van der Waals surface area (Å²) in [6, 6.07) is 15.9. The molecule has 2 aromatic carbocycles. The van der Waals surface area contributed by atoms with Crippen molar-refractivity contribution in [2.24, 2.45) is 0 Å². The second-order valence-electron chi connectivity index (χ2n) is 6.37. The van der Waals surface area contributed by atoms with Crippen molar-refractivity contribution in [3.05, 3.63) is 65.7 Å². The predicted octanol–water partition coefficient (Wildman–Crippen LogP) is 2.89. The summed E-state index contributed by atoms with van der Waals surface area (Å²) in [6.45, 7) is 1.66. The number of likely N-dealkylation sites (N-methyl/N-ethyl adjacent to an activating group) is 1. The summed E-state index contributed by atoms with van der Waals surface area (Å²) >= 11 is 0. The van der Waals surface area contributed by atoms with Crippen LogP contribution in [0.4, 0.5) is 0 Å². The molecule has 5 nitrogen and oxygen atoms in total. The lowest BCUT2D eigenvalue weighted by molar-refractivity contribution is -0.116. The molecule has 1 amide bonds. The number of amides is 1. The lowest BCUT2D eigenvalue weighted by Crippen LogP contribution is -2.33. The van der Waals surface area contributed by atoms with E-state index < -0.39 is 0 Å². The third-order valence-corrected chi connectivity index (χ3v) is 4.27. The second-order valence-corrected chi connectivity index (χ2v) is 6.37. The highest BCUT2D eigenvalue weighted by molar-refractivity contribution is 5.91. The molecule has 1 aliphatic rings. The van der Waals surface area contributed by atoms with E-state index in [1.165, 1.54) is 5.56 Å². The zero-order valence-electron chi connectivity index (χ0n) is 15.1. The number of carbonyl (C=O) groups is 1. The highest BCUT2D eigenvalue weighted by Gasteiger charge is 2.14. The zero-order valence-corrected chi connectivity index (χ0v) is 15.1. The van der Waals surface area contributed by atoms with Crippen molar-refractivity contribution in [2.45, 2.75) is 6.04 Å². The van der Waals surface area contributed by atoms with Gasteiger partial charge in [0.1, 0.15) is 13.2 Å². The smallest absolute Gasteiger partial charge is 0.244 e. The lowest BCUT2D eigenvalue weighted by atomic mass is 10.1. The second kappa shape index (κ2) is 8.54. The number of fused-ring (bicyclic) bond motifs is 1. The molecule has 0 radical (unpaired) electrons. The topological polar surface area (TPSA) is 50.8 Å². The number of rotatable bonds is 6. The van der Waals surface area contributed by atoms with Crippen LogP contribution in [0.1, 0.15) is 17.2 Å². The summed E-state index contributed by atoms with van der Waals surface area (Å²) in [5.74, 6) is 1.34. The van der Waals surface area contributed by atoms with Gasteiger partial charge in [0.25, 0.3) is 0 Å². The molecule has 0 fully saturated rings. The highest BCUT2D eigenvalue weighted by atomic mass is 16.6. The van der Waals surface area contributed by atoms with E-state index >= 15 is 0 Å². The summed E-state index contributed by atoms with van der Waals surface area (Å²) < 4.78 is 11.1. The van der Waals surface area contributed by atoms with Crippen LogP contribution in [-0.2, 0) is 4.79 Å². The van der Waals surface area contributed by atoms with Crippen LogP contribution in [0.3, 0.4) is 0 Å². The fourth-order valence-electron chi connectivity index (χ4n) is 2.87. The Morgan fingerprint density at radius 2 is 1.85 bits per heavy atom. The van der Waals surface area contributed by atoms with Gasteiger partial charge in [-0.1, -0.05) is 36.4 Å². The summed E-state index contributed by atoms with van der Waals surface area (Å²) in [6.07, 6.45) is 3.32. The zero-order chi connectivity index (χ0) is 18.4. The molecular formula is C21H24N2O3. The fraction of sp³-hybridized carbons (Fsp3) is 0.286. The van der Waals surface area contributed by atoms with Gasteiger partial charge in [-0.2, -0.15) is 0 Å². The molecule has 136 valence electrons. The molecule has 0 aromatic heterocycles. The highest BCUT2D eigenvalue weighted by Crippen LogP contribution is 2.31. The molecule has 26 heavy (non-hydrogen) atoms. The van der Waals surface area contributed by atoms with Crippen LogP contribution in [0.25, 0.3) is 6.08 Å². The van der Waals surface area contributed by atoms with E-state index in [0.29, 0.717) is 19.8 Å². The first-order chi connectivity index (χ1) is 12.6. The fourth-order valence-corrected chi connectivity index (χ4v) is 2.87. The van der Waals surface area contributed by atoms with E-state index in [9.17, 15) is 4.79 Å². The van der Waals surface area contributed by atoms with Crippen molar-refractivity contribution in [1.82, 2.24) is 10.2 Å². The predicted molar refractivity (Wildman–Crippen MR) is 102 cm³/mol. The summed E-state index contributed by atoms with van der Waals surface area (Å²) in [4.78, 5) is 14.3. The van der Waals surface area contributed by atoms with E-state index in [2.05, 4.69) is 22.3 Å². The summed E-state index contributed by atoms with van der Waals surface area (Å²) in [7, 11) is 4.02. The maximum atomic E-state index is 12.2. The minimum atomic E-state index is -0.123. The minimum absolute atomic E-state index is 0.123. The summed E-state index contributed by atoms with van der Waals surface area (Å²) in [5, 5.41) is 2.97. The van der Waals surface area contributed by atoms with Crippen molar-refractivity contribution in [3.63, 3.8) is 0 Å². The molecule has 1 aliphatic heterocycles. The largest absolute Gasteiger partial charge is 0.486 e. The molecule has 1 atom stereocenters. The quantitative estimate of drug-likeness (QED) is 0.812. The van der Waals surface area contributed by atoms with Gasteiger partial charge in [0.2, 0.25) is 5.91 Å². The van der Waals surface area contributed by atoms with Crippen molar-refractivity contribution < 1.29 is 14.3 Å². The molecule has 0 aliphatic carbocycles. The van der Waals surface area contributed by atoms with Gasteiger partial charge in [-0.25, -0.2) is 0 Å².